The summed E-state index contributed by atoms with van der Waals surface area (Å²) >= 11 is 0. The van der Waals surface area contributed by atoms with Crippen molar-refractivity contribution in [2.75, 3.05) is 14.2 Å². The fourth-order valence-electron chi connectivity index (χ4n) is 4.13. The zero-order valence-corrected chi connectivity index (χ0v) is 12.8. The van der Waals surface area contributed by atoms with Gasteiger partial charge in [-0.2, -0.15) is 0 Å². The van der Waals surface area contributed by atoms with Crippen LogP contribution in [0.1, 0.15) is 30.7 Å². The number of benzene rings is 1. The smallest absolute Gasteiger partial charge is 0.309 e. The molecule has 1 aromatic carbocycles. The van der Waals surface area contributed by atoms with E-state index in [0.29, 0.717) is 12.1 Å². The highest BCUT2D eigenvalue weighted by molar-refractivity contribution is 5.74. The van der Waals surface area contributed by atoms with Crippen molar-refractivity contribution in [2.45, 2.75) is 37.3 Å². The highest BCUT2D eigenvalue weighted by atomic mass is 16.6. The average molecular weight is 304 g/mol. The maximum atomic E-state index is 12.2. The second-order valence-electron chi connectivity index (χ2n) is 6.20. The first-order valence-corrected chi connectivity index (χ1v) is 7.57. The van der Waals surface area contributed by atoms with Gasteiger partial charge in [0.2, 0.25) is 0 Å². The number of carbonyl (C=O) groups is 1. The Morgan fingerprint density at radius 1 is 1.32 bits per heavy atom. The second kappa shape index (κ2) is 5.68. The summed E-state index contributed by atoms with van der Waals surface area (Å²) in [7, 11) is 3.53. The highest BCUT2D eigenvalue weighted by Crippen LogP contribution is 2.47. The zero-order valence-electron chi connectivity index (χ0n) is 12.8. The molecule has 0 amide bonds. The number of nitro groups is 1. The molecule has 6 heteroatoms. The van der Waals surface area contributed by atoms with Crippen molar-refractivity contribution in [1.82, 2.24) is 4.90 Å². The van der Waals surface area contributed by atoms with Crippen molar-refractivity contribution < 1.29 is 14.5 Å². The minimum absolute atomic E-state index is 0.0389. The van der Waals surface area contributed by atoms with Crippen molar-refractivity contribution in [1.29, 1.82) is 0 Å². The highest BCUT2D eigenvalue weighted by Gasteiger charge is 2.49. The molecule has 0 saturated carbocycles. The van der Waals surface area contributed by atoms with Gasteiger partial charge in [-0.25, -0.2) is 0 Å². The molecule has 0 unspecified atom stereocenters. The summed E-state index contributed by atoms with van der Waals surface area (Å²) in [5.41, 5.74) is 1.06. The Morgan fingerprint density at radius 2 is 2.00 bits per heavy atom. The molecular formula is C16H20N2O4. The van der Waals surface area contributed by atoms with Crippen LogP contribution >= 0.6 is 0 Å². The molecule has 2 heterocycles. The molecule has 118 valence electrons. The summed E-state index contributed by atoms with van der Waals surface area (Å²) in [5, 5.41) is 10.8. The van der Waals surface area contributed by atoms with Crippen molar-refractivity contribution in [2.24, 2.45) is 5.92 Å². The topological polar surface area (TPSA) is 72.7 Å². The van der Waals surface area contributed by atoms with Crippen LogP contribution in [-0.4, -0.2) is 42.0 Å². The van der Waals surface area contributed by atoms with Gasteiger partial charge >= 0.3 is 5.97 Å². The lowest BCUT2D eigenvalue weighted by Gasteiger charge is -2.42. The number of hydrogen-bond acceptors (Lipinski definition) is 5. The number of carbonyl (C=O) groups excluding carboxylic acids is 1. The molecule has 2 fully saturated rings. The maximum Gasteiger partial charge on any atom is 0.309 e. The van der Waals surface area contributed by atoms with Crippen molar-refractivity contribution in [3.8, 4) is 0 Å². The fraction of sp³-hybridized carbons (Fsp3) is 0.562. The van der Waals surface area contributed by atoms with Gasteiger partial charge in [0.1, 0.15) is 0 Å². The quantitative estimate of drug-likeness (QED) is 0.487. The Balaban J connectivity index is 1.95. The third-order valence-corrected chi connectivity index (χ3v) is 5.26. The summed E-state index contributed by atoms with van der Waals surface area (Å²) in [5.74, 6) is -0.300. The van der Waals surface area contributed by atoms with E-state index in [9.17, 15) is 14.9 Å². The number of likely N-dealkylation sites (N-methyl/N-ethyl adjacent to an activating group) is 1. The van der Waals surface area contributed by atoms with E-state index >= 15 is 0 Å². The van der Waals surface area contributed by atoms with Crippen LogP contribution in [0.15, 0.2) is 24.3 Å². The van der Waals surface area contributed by atoms with E-state index in [1.54, 1.807) is 12.1 Å². The Kier molecular flexibility index (Phi) is 3.87. The molecule has 0 aliphatic carbocycles. The first kappa shape index (κ1) is 15.0. The number of hydrogen-bond donors (Lipinski definition) is 0. The van der Waals surface area contributed by atoms with E-state index in [0.717, 1.165) is 24.8 Å². The van der Waals surface area contributed by atoms with Gasteiger partial charge in [0.15, 0.2) is 0 Å². The van der Waals surface area contributed by atoms with Crippen LogP contribution in [0.2, 0.25) is 0 Å². The van der Waals surface area contributed by atoms with Gasteiger partial charge in [-0.05, 0) is 31.9 Å². The number of methoxy groups -OCH3 is 1. The number of ether oxygens (including phenoxy) is 1. The predicted octanol–water partition coefficient (Wildman–Crippen LogP) is 2.33. The van der Waals surface area contributed by atoms with Crippen molar-refractivity contribution >= 4 is 11.7 Å². The molecule has 2 aliphatic rings. The largest absolute Gasteiger partial charge is 0.469 e. The molecule has 0 spiro atoms. The number of non-ortho nitro benzene ring substituents is 1. The molecule has 2 saturated heterocycles. The summed E-state index contributed by atoms with van der Waals surface area (Å²) in [6.07, 6.45) is 2.94. The van der Waals surface area contributed by atoms with Crippen LogP contribution in [0.5, 0.6) is 0 Å². The van der Waals surface area contributed by atoms with Gasteiger partial charge in [0, 0.05) is 30.1 Å². The van der Waals surface area contributed by atoms with Gasteiger partial charge in [-0.1, -0.05) is 12.1 Å². The summed E-state index contributed by atoms with van der Waals surface area (Å²) < 4.78 is 5.00. The number of nitrogens with zero attached hydrogens (tertiary/aromatic N) is 2. The molecule has 0 radical (unpaired) electrons. The van der Waals surface area contributed by atoms with Crippen molar-refractivity contribution in [3.05, 3.63) is 39.9 Å². The van der Waals surface area contributed by atoms with Crippen LogP contribution in [0.3, 0.4) is 0 Å². The number of nitro benzene ring substituents is 1. The lowest BCUT2D eigenvalue weighted by atomic mass is 9.76. The molecule has 0 aromatic heterocycles. The molecule has 2 aliphatic heterocycles. The minimum atomic E-state index is -0.403. The number of piperidine rings is 1. The Morgan fingerprint density at radius 3 is 2.59 bits per heavy atom. The minimum Gasteiger partial charge on any atom is -0.469 e. The van der Waals surface area contributed by atoms with E-state index in [-0.39, 0.29) is 23.5 Å². The van der Waals surface area contributed by atoms with Crippen LogP contribution < -0.4 is 0 Å². The van der Waals surface area contributed by atoms with E-state index in [2.05, 4.69) is 11.9 Å². The average Bonchev–Trinajstić information content (AvgIpc) is 2.76. The summed E-state index contributed by atoms with van der Waals surface area (Å²) in [6.45, 7) is 0. The van der Waals surface area contributed by atoms with Gasteiger partial charge in [-0.15, -0.1) is 0 Å². The third kappa shape index (κ3) is 2.37. The number of esters is 1. The summed E-state index contributed by atoms with van der Waals surface area (Å²) in [4.78, 5) is 25.0. The zero-order chi connectivity index (χ0) is 15.9. The molecule has 6 nitrogen and oxygen atoms in total. The van der Waals surface area contributed by atoms with Gasteiger partial charge in [0.05, 0.1) is 18.0 Å². The molecular weight excluding hydrogens is 284 g/mol. The third-order valence-electron chi connectivity index (χ3n) is 5.26. The van der Waals surface area contributed by atoms with E-state index < -0.39 is 4.92 Å². The Labute approximate surface area is 129 Å². The lowest BCUT2D eigenvalue weighted by Crippen LogP contribution is -2.47. The number of rotatable bonds is 3. The van der Waals surface area contributed by atoms with Crippen LogP contribution in [0, 0.1) is 16.0 Å². The molecule has 1 aromatic rings. The lowest BCUT2D eigenvalue weighted by molar-refractivity contribution is -0.384. The van der Waals surface area contributed by atoms with Crippen molar-refractivity contribution in [3.63, 3.8) is 0 Å². The SMILES string of the molecule is COC(=O)[C@H]1C[C@@H]2CC[C@H]([C@H]1c1ccc([N+](=O)[O-])cc1)N2C. The maximum absolute atomic E-state index is 12.2. The standard InChI is InChI=1S/C16H20N2O4/c1-17-12-7-8-14(17)15(13(9-12)16(19)22-2)10-3-5-11(6-4-10)18(20)21/h3-6,12-15H,7-9H2,1-2H3/t12-,13-,14+,15-/m0/s1. The normalized spacial score (nSPS) is 31.0. The Hall–Kier alpha value is -1.95. The van der Waals surface area contributed by atoms with Gasteiger partial charge in [-0.3, -0.25) is 19.8 Å². The second-order valence-corrected chi connectivity index (χ2v) is 6.20. The monoisotopic (exact) mass is 304 g/mol. The molecule has 22 heavy (non-hydrogen) atoms. The van der Waals surface area contributed by atoms with E-state index in [1.807, 2.05) is 0 Å². The fourth-order valence-corrected chi connectivity index (χ4v) is 4.13. The molecule has 2 bridgehead atoms. The van der Waals surface area contributed by atoms with E-state index in [4.69, 9.17) is 4.74 Å². The predicted molar refractivity (Wildman–Crippen MR) is 80.5 cm³/mol. The van der Waals surface area contributed by atoms with Gasteiger partial charge in [0.25, 0.3) is 5.69 Å². The molecule has 3 rings (SSSR count). The molecule has 4 atom stereocenters. The van der Waals surface area contributed by atoms with Gasteiger partial charge < -0.3 is 4.74 Å². The first-order valence-electron chi connectivity index (χ1n) is 7.57. The summed E-state index contributed by atoms with van der Waals surface area (Å²) in [6, 6.07) is 7.33. The molecule has 0 N–H and O–H groups in total. The van der Waals surface area contributed by atoms with Crippen LogP contribution in [0.4, 0.5) is 5.69 Å². The van der Waals surface area contributed by atoms with E-state index in [1.165, 1.54) is 19.2 Å². The van der Waals surface area contributed by atoms with Crippen LogP contribution in [0.25, 0.3) is 0 Å². The van der Waals surface area contributed by atoms with Crippen LogP contribution in [-0.2, 0) is 9.53 Å². The Bertz CT molecular complexity index is 586. The number of fused-ring (bicyclic) bond motifs is 2. The first-order chi connectivity index (χ1) is 10.5.